The van der Waals surface area contributed by atoms with Crippen LogP contribution in [-0.4, -0.2) is 29.9 Å². The van der Waals surface area contributed by atoms with E-state index in [1.807, 2.05) is 24.3 Å². The van der Waals surface area contributed by atoms with Crippen LogP contribution in [0.3, 0.4) is 0 Å². The summed E-state index contributed by atoms with van der Waals surface area (Å²) in [5.41, 5.74) is 2.84. The lowest BCUT2D eigenvalue weighted by Crippen LogP contribution is -2.52. The van der Waals surface area contributed by atoms with Crippen LogP contribution in [0, 0.1) is 11.8 Å². The molecule has 1 fully saturated rings. The van der Waals surface area contributed by atoms with Gasteiger partial charge in [0.15, 0.2) is 0 Å². The molecule has 2 aliphatic heterocycles. The van der Waals surface area contributed by atoms with Gasteiger partial charge in [0.05, 0.1) is 25.2 Å². The number of carboxylic acids is 1. The minimum atomic E-state index is -0.795. The molecule has 2 aromatic rings. The minimum Gasteiger partial charge on any atom is -0.497 e. The van der Waals surface area contributed by atoms with Crippen molar-refractivity contribution in [2.24, 2.45) is 11.8 Å². The Kier molecular flexibility index (Phi) is 6.22. The van der Waals surface area contributed by atoms with E-state index in [4.69, 9.17) is 14.2 Å². The summed E-state index contributed by atoms with van der Waals surface area (Å²) >= 11 is 0. The van der Waals surface area contributed by atoms with Crippen molar-refractivity contribution in [1.29, 1.82) is 0 Å². The number of hydrogen-bond acceptors (Lipinski definition) is 4. The molecule has 2 aliphatic rings. The Labute approximate surface area is 190 Å². The molecule has 172 valence electrons. The van der Waals surface area contributed by atoms with Crippen LogP contribution in [-0.2, 0) is 16.0 Å². The molecule has 2 heterocycles. The molecule has 2 aromatic carbocycles. The van der Waals surface area contributed by atoms with Gasteiger partial charge >= 0.3 is 5.97 Å². The molecule has 0 bridgehead atoms. The highest BCUT2D eigenvalue weighted by atomic mass is 16.5. The summed E-state index contributed by atoms with van der Waals surface area (Å²) in [5, 5.41) is 10.0. The first-order valence-corrected chi connectivity index (χ1v) is 11.5. The van der Waals surface area contributed by atoms with Crippen molar-refractivity contribution >= 4 is 5.97 Å². The van der Waals surface area contributed by atoms with Gasteiger partial charge in [-0.2, -0.15) is 0 Å². The van der Waals surface area contributed by atoms with Gasteiger partial charge in [-0.25, -0.2) is 0 Å². The number of benzene rings is 2. The second-order valence-corrected chi connectivity index (χ2v) is 9.90. The summed E-state index contributed by atoms with van der Waals surface area (Å²) in [6.07, 6.45) is 1.40. The zero-order chi connectivity index (χ0) is 23.0. The average molecular weight is 439 g/mol. The first-order chi connectivity index (χ1) is 15.2. The number of methoxy groups -OCH3 is 1. The van der Waals surface area contributed by atoms with Gasteiger partial charge in [-0.05, 0) is 62.3 Å². The number of hydrogen-bond donors (Lipinski definition) is 1. The largest absolute Gasteiger partial charge is 0.497 e. The summed E-state index contributed by atoms with van der Waals surface area (Å²) in [6.45, 7) is 8.45. The van der Waals surface area contributed by atoms with Crippen LogP contribution in [0.15, 0.2) is 42.5 Å². The molecule has 1 saturated heterocycles. The molecule has 0 aliphatic carbocycles. The molecule has 0 radical (unpaired) electrons. The van der Waals surface area contributed by atoms with Gasteiger partial charge in [0.2, 0.25) is 0 Å². The van der Waals surface area contributed by atoms with Gasteiger partial charge < -0.3 is 19.3 Å². The van der Waals surface area contributed by atoms with Crippen LogP contribution in [0.5, 0.6) is 11.5 Å². The fourth-order valence-electron chi connectivity index (χ4n) is 5.24. The first kappa shape index (κ1) is 22.7. The van der Waals surface area contributed by atoms with Crippen molar-refractivity contribution in [3.63, 3.8) is 0 Å². The Hall–Kier alpha value is -2.53. The molecular weight excluding hydrogens is 404 g/mol. The number of carboxylic acid groups (broad SMARTS) is 1. The Balaban J connectivity index is 1.64. The molecule has 0 aromatic heterocycles. The van der Waals surface area contributed by atoms with Gasteiger partial charge in [0, 0.05) is 11.5 Å². The highest BCUT2D eigenvalue weighted by Gasteiger charge is 2.52. The van der Waals surface area contributed by atoms with Gasteiger partial charge in [0.25, 0.3) is 0 Å². The minimum absolute atomic E-state index is 0.0217. The predicted octanol–water partition coefficient (Wildman–Crippen LogP) is 5.77. The lowest BCUT2D eigenvalue weighted by molar-refractivity contribution is -0.188. The van der Waals surface area contributed by atoms with Crippen molar-refractivity contribution in [2.45, 2.75) is 70.7 Å². The number of aryl methyl sites for hydroxylation is 1. The van der Waals surface area contributed by atoms with Crippen molar-refractivity contribution in [2.75, 3.05) is 7.11 Å². The molecule has 0 unspecified atom stereocenters. The third kappa shape index (κ3) is 4.23. The van der Waals surface area contributed by atoms with Crippen LogP contribution in [0.2, 0.25) is 0 Å². The molecule has 4 rings (SSSR count). The number of fused-ring (bicyclic) bond motifs is 3. The molecule has 0 amide bonds. The Morgan fingerprint density at radius 2 is 1.97 bits per heavy atom. The fraction of sp³-hybridized carbons (Fsp3) is 0.519. The molecule has 5 heteroatoms. The van der Waals surface area contributed by atoms with E-state index in [-0.39, 0.29) is 18.1 Å². The van der Waals surface area contributed by atoms with Crippen molar-refractivity contribution in [3.05, 3.63) is 59.2 Å². The number of ether oxygens (including phenoxy) is 3. The van der Waals surface area contributed by atoms with Crippen LogP contribution < -0.4 is 9.47 Å². The van der Waals surface area contributed by atoms with Gasteiger partial charge in [-0.3, -0.25) is 4.79 Å². The summed E-state index contributed by atoms with van der Waals surface area (Å²) < 4.78 is 18.5. The van der Waals surface area contributed by atoms with E-state index in [1.54, 1.807) is 7.11 Å². The maximum Gasteiger partial charge on any atom is 0.309 e. The Bertz CT molecular complexity index is 980. The van der Waals surface area contributed by atoms with Crippen molar-refractivity contribution < 1.29 is 24.1 Å². The topological polar surface area (TPSA) is 65.0 Å². The van der Waals surface area contributed by atoms with Crippen LogP contribution in [0.25, 0.3) is 0 Å². The van der Waals surface area contributed by atoms with Crippen molar-refractivity contribution in [1.82, 2.24) is 0 Å². The lowest BCUT2D eigenvalue weighted by Gasteiger charge is -2.51. The third-order valence-electron chi connectivity index (χ3n) is 7.07. The van der Waals surface area contributed by atoms with Crippen LogP contribution in [0.4, 0.5) is 0 Å². The maximum atomic E-state index is 12.2. The monoisotopic (exact) mass is 438 g/mol. The highest BCUT2D eigenvalue weighted by Crippen LogP contribution is 2.54. The highest BCUT2D eigenvalue weighted by molar-refractivity contribution is 5.71. The van der Waals surface area contributed by atoms with Crippen LogP contribution in [0.1, 0.15) is 69.2 Å². The Morgan fingerprint density at radius 1 is 1.22 bits per heavy atom. The third-order valence-corrected chi connectivity index (χ3v) is 7.07. The summed E-state index contributed by atoms with van der Waals surface area (Å²) in [6, 6.07) is 14.2. The van der Waals surface area contributed by atoms with Gasteiger partial charge in [-0.15, -0.1) is 0 Å². The first-order valence-electron chi connectivity index (χ1n) is 11.5. The smallest absolute Gasteiger partial charge is 0.309 e. The molecular formula is C27H34O5. The predicted molar refractivity (Wildman–Crippen MR) is 123 cm³/mol. The molecule has 5 nitrogen and oxygen atoms in total. The SMILES string of the molecule is COc1cccc(CC[C@@H]2O[C@@H]3c4cccc(C(C)C)c4OC(C)(C)[C@H]3C[C@@H]2C(=O)O)c1. The Morgan fingerprint density at radius 3 is 2.66 bits per heavy atom. The molecule has 1 N–H and O–H groups in total. The molecule has 4 atom stereocenters. The summed E-state index contributed by atoms with van der Waals surface area (Å²) in [5.74, 6) is 0.677. The molecule has 32 heavy (non-hydrogen) atoms. The van der Waals surface area contributed by atoms with Gasteiger partial charge in [-0.1, -0.05) is 44.2 Å². The second kappa shape index (κ2) is 8.78. The molecule has 0 saturated carbocycles. The van der Waals surface area contributed by atoms with E-state index in [1.165, 1.54) is 5.56 Å². The average Bonchev–Trinajstić information content (AvgIpc) is 2.76. The van der Waals surface area contributed by atoms with E-state index < -0.39 is 17.5 Å². The van der Waals surface area contributed by atoms with Gasteiger partial charge in [0.1, 0.15) is 17.1 Å². The summed E-state index contributed by atoms with van der Waals surface area (Å²) in [7, 11) is 1.65. The number of rotatable bonds is 6. The number of carbonyl (C=O) groups is 1. The number of para-hydroxylation sites is 1. The second-order valence-electron chi connectivity index (χ2n) is 9.90. The van der Waals surface area contributed by atoms with E-state index in [9.17, 15) is 9.90 Å². The van der Waals surface area contributed by atoms with Crippen LogP contribution >= 0.6 is 0 Å². The lowest BCUT2D eigenvalue weighted by atomic mass is 9.71. The van der Waals surface area contributed by atoms with E-state index in [2.05, 4.69) is 45.9 Å². The van der Waals surface area contributed by atoms with E-state index in [0.29, 0.717) is 18.8 Å². The molecule has 0 spiro atoms. The summed E-state index contributed by atoms with van der Waals surface area (Å²) in [4.78, 5) is 12.2. The maximum absolute atomic E-state index is 12.2. The van der Waals surface area contributed by atoms with E-state index >= 15 is 0 Å². The van der Waals surface area contributed by atoms with Crippen molar-refractivity contribution in [3.8, 4) is 11.5 Å². The quantitative estimate of drug-likeness (QED) is 0.620. The standard InChI is InChI=1S/C27H34O5/c1-16(2)19-10-7-11-20-24(19)32-27(3,4)22-15-21(26(28)29)23(31-25(20)22)13-12-17-8-6-9-18(14-17)30-5/h6-11,14,16,21-23,25H,12-13,15H2,1-5H3,(H,28,29)/t21-,22-,23-,25+/m0/s1. The number of aliphatic carboxylic acids is 1. The zero-order valence-electron chi connectivity index (χ0n) is 19.6. The normalized spacial score (nSPS) is 26.1. The van der Waals surface area contributed by atoms with E-state index in [0.717, 1.165) is 29.0 Å². The zero-order valence-corrected chi connectivity index (χ0v) is 19.6. The fourth-order valence-corrected chi connectivity index (χ4v) is 5.24.